The quantitative estimate of drug-likeness (QED) is 0.924. The second kappa shape index (κ2) is 5.25. The molecule has 0 saturated heterocycles. The van der Waals surface area contributed by atoms with E-state index in [1.54, 1.807) is 14.2 Å². The van der Waals surface area contributed by atoms with Gasteiger partial charge in [-0.15, -0.1) is 0 Å². The third-order valence-electron chi connectivity index (χ3n) is 3.64. The fraction of sp³-hybridized carbons (Fsp3) is 0.250. The number of hydrogen-bond acceptors (Lipinski definition) is 3. The van der Waals surface area contributed by atoms with E-state index in [-0.39, 0.29) is 6.04 Å². The van der Waals surface area contributed by atoms with Gasteiger partial charge in [-0.25, -0.2) is 0 Å². The summed E-state index contributed by atoms with van der Waals surface area (Å²) in [4.78, 5) is 0. The third-order valence-corrected chi connectivity index (χ3v) is 3.94. The lowest BCUT2D eigenvalue weighted by Gasteiger charge is -2.13. The Labute approximate surface area is 123 Å². The van der Waals surface area contributed by atoms with Crippen molar-refractivity contribution in [3.05, 3.63) is 52.5 Å². The van der Waals surface area contributed by atoms with Crippen molar-refractivity contribution in [2.24, 2.45) is 0 Å². The minimum absolute atomic E-state index is 0.237. The van der Waals surface area contributed by atoms with E-state index in [1.165, 1.54) is 5.56 Å². The minimum Gasteiger partial charge on any atom is -0.497 e. The molecule has 1 aliphatic rings. The summed E-state index contributed by atoms with van der Waals surface area (Å²) in [6.45, 7) is 0. The SMILES string of the molecule is COc1ccc2c(c1)CC(c1ccc(OC)c(Cl)c1)N2. The van der Waals surface area contributed by atoms with Crippen molar-refractivity contribution in [3.8, 4) is 11.5 Å². The highest BCUT2D eigenvalue weighted by Crippen LogP contribution is 2.38. The second-order valence-corrected chi connectivity index (χ2v) is 5.23. The number of methoxy groups -OCH3 is 2. The van der Waals surface area contributed by atoms with Crippen molar-refractivity contribution in [2.45, 2.75) is 12.5 Å². The van der Waals surface area contributed by atoms with Crippen LogP contribution < -0.4 is 14.8 Å². The van der Waals surface area contributed by atoms with Gasteiger partial charge in [0, 0.05) is 5.69 Å². The largest absolute Gasteiger partial charge is 0.497 e. The summed E-state index contributed by atoms with van der Waals surface area (Å²) in [7, 11) is 3.31. The fourth-order valence-corrected chi connectivity index (χ4v) is 2.83. The second-order valence-electron chi connectivity index (χ2n) is 4.82. The van der Waals surface area contributed by atoms with Crippen molar-refractivity contribution in [2.75, 3.05) is 19.5 Å². The van der Waals surface area contributed by atoms with Crippen LogP contribution in [0, 0.1) is 0 Å². The van der Waals surface area contributed by atoms with Gasteiger partial charge in [0.05, 0.1) is 25.3 Å². The van der Waals surface area contributed by atoms with Crippen LogP contribution in [0.2, 0.25) is 5.02 Å². The van der Waals surface area contributed by atoms with Gasteiger partial charge in [-0.05, 0) is 47.9 Å². The van der Waals surface area contributed by atoms with Crippen LogP contribution >= 0.6 is 11.6 Å². The molecule has 0 amide bonds. The lowest BCUT2D eigenvalue weighted by Crippen LogP contribution is -2.05. The van der Waals surface area contributed by atoms with E-state index in [0.717, 1.165) is 23.4 Å². The molecule has 0 saturated carbocycles. The summed E-state index contributed by atoms with van der Waals surface area (Å²) in [5.74, 6) is 1.59. The summed E-state index contributed by atoms with van der Waals surface area (Å²) in [5.41, 5.74) is 3.58. The summed E-state index contributed by atoms with van der Waals surface area (Å²) in [5, 5.41) is 4.15. The Bertz CT molecular complexity index is 642. The van der Waals surface area contributed by atoms with E-state index in [9.17, 15) is 0 Å². The molecule has 0 bridgehead atoms. The summed E-state index contributed by atoms with van der Waals surface area (Å²) >= 11 is 6.19. The minimum atomic E-state index is 0.237. The van der Waals surface area contributed by atoms with E-state index < -0.39 is 0 Å². The van der Waals surface area contributed by atoms with E-state index in [4.69, 9.17) is 21.1 Å². The first-order valence-electron chi connectivity index (χ1n) is 6.48. The molecular weight excluding hydrogens is 274 g/mol. The highest BCUT2D eigenvalue weighted by molar-refractivity contribution is 6.32. The molecule has 3 nitrogen and oxygen atoms in total. The Morgan fingerprint density at radius 3 is 2.65 bits per heavy atom. The molecule has 4 heteroatoms. The van der Waals surface area contributed by atoms with E-state index in [0.29, 0.717) is 10.8 Å². The number of benzene rings is 2. The first-order chi connectivity index (χ1) is 9.71. The zero-order valence-electron chi connectivity index (χ0n) is 11.4. The van der Waals surface area contributed by atoms with Gasteiger partial charge >= 0.3 is 0 Å². The summed E-state index contributed by atoms with van der Waals surface area (Å²) in [6, 6.07) is 12.2. The standard InChI is InChI=1S/C16H16ClNO2/c1-19-12-4-5-14-11(7-12)9-15(18-14)10-3-6-16(20-2)13(17)8-10/h3-8,15,18H,9H2,1-2H3. The molecule has 1 unspecified atom stereocenters. The number of rotatable bonds is 3. The van der Waals surface area contributed by atoms with Crippen LogP contribution in [0.5, 0.6) is 11.5 Å². The molecule has 0 spiro atoms. The van der Waals surface area contributed by atoms with Crippen LogP contribution in [0.4, 0.5) is 5.69 Å². The molecule has 0 aromatic heterocycles. The first kappa shape index (κ1) is 13.1. The Morgan fingerprint density at radius 2 is 1.95 bits per heavy atom. The lowest BCUT2D eigenvalue weighted by atomic mass is 10.0. The van der Waals surface area contributed by atoms with Crippen molar-refractivity contribution in [1.82, 2.24) is 0 Å². The van der Waals surface area contributed by atoms with Crippen LogP contribution in [0.25, 0.3) is 0 Å². The van der Waals surface area contributed by atoms with Gasteiger partial charge in [-0.2, -0.15) is 0 Å². The number of halogens is 1. The predicted octanol–water partition coefficient (Wildman–Crippen LogP) is 4.07. The zero-order valence-corrected chi connectivity index (χ0v) is 12.2. The van der Waals surface area contributed by atoms with E-state index in [1.807, 2.05) is 24.3 Å². The number of fused-ring (bicyclic) bond motifs is 1. The number of anilines is 1. The third kappa shape index (κ3) is 2.29. The summed E-state index contributed by atoms with van der Waals surface area (Å²) in [6.07, 6.45) is 0.926. The van der Waals surface area contributed by atoms with E-state index >= 15 is 0 Å². The monoisotopic (exact) mass is 289 g/mol. The van der Waals surface area contributed by atoms with Crippen molar-refractivity contribution >= 4 is 17.3 Å². The van der Waals surface area contributed by atoms with Crippen LogP contribution in [-0.4, -0.2) is 14.2 Å². The van der Waals surface area contributed by atoms with Crippen LogP contribution in [0.3, 0.4) is 0 Å². The molecule has 1 atom stereocenters. The smallest absolute Gasteiger partial charge is 0.137 e. The van der Waals surface area contributed by atoms with Gasteiger partial charge in [0.2, 0.25) is 0 Å². The topological polar surface area (TPSA) is 30.5 Å². The molecule has 1 N–H and O–H groups in total. The van der Waals surface area contributed by atoms with Gasteiger partial charge in [0.25, 0.3) is 0 Å². The van der Waals surface area contributed by atoms with Crippen molar-refractivity contribution < 1.29 is 9.47 Å². The molecule has 0 aliphatic carbocycles. The highest BCUT2D eigenvalue weighted by atomic mass is 35.5. The molecule has 1 heterocycles. The molecule has 0 radical (unpaired) electrons. The molecule has 3 rings (SSSR count). The first-order valence-corrected chi connectivity index (χ1v) is 6.86. The van der Waals surface area contributed by atoms with Gasteiger partial charge in [-0.3, -0.25) is 0 Å². The zero-order chi connectivity index (χ0) is 14.1. The predicted molar refractivity (Wildman–Crippen MR) is 81.1 cm³/mol. The van der Waals surface area contributed by atoms with Crippen molar-refractivity contribution in [1.29, 1.82) is 0 Å². The normalized spacial score (nSPS) is 16.4. The Hall–Kier alpha value is -1.87. The molecular formula is C16H16ClNO2. The average Bonchev–Trinajstić information content (AvgIpc) is 2.89. The van der Waals surface area contributed by atoms with Crippen molar-refractivity contribution in [3.63, 3.8) is 0 Å². The van der Waals surface area contributed by atoms with Gasteiger partial charge < -0.3 is 14.8 Å². The van der Waals surface area contributed by atoms with Gasteiger partial charge in [-0.1, -0.05) is 17.7 Å². The molecule has 2 aromatic rings. The molecule has 104 valence electrons. The maximum atomic E-state index is 6.19. The Kier molecular flexibility index (Phi) is 3.45. The Morgan fingerprint density at radius 1 is 1.10 bits per heavy atom. The van der Waals surface area contributed by atoms with Gasteiger partial charge in [0.1, 0.15) is 11.5 Å². The van der Waals surface area contributed by atoms with Crippen LogP contribution in [0.1, 0.15) is 17.2 Å². The molecule has 1 aliphatic heterocycles. The Balaban J connectivity index is 1.86. The van der Waals surface area contributed by atoms with Crippen LogP contribution in [-0.2, 0) is 6.42 Å². The maximum Gasteiger partial charge on any atom is 0.137 e. The highest BCUT2D eigenvalue weighted by Gasteiger charge is 2.23. The summed E-state index contributed by atoms with van der Waals surface area (Å²) < 4.78 is 10.5. The fourth-order valence-electron chi connectivity index (χ4n) is 2.57. The molecule has 2 aromatic carbocycles. The number of ether oxygens (including phenoxy) is 2. The average molecular weight is 290 g/mol. The van der Waals surface area contributed by atoms with Gasteiger partial charge in [0.15, 0.2) is 0 Å². The van der Waals surface area contributed by atoms with E-state index in [2.05, 4.69) is 17.4 Å². The molecule has 0 fully saturated rings. The number of hydrogen-bond donors (Lipinski definition) is 1. The lowest BCUT2D eigenvalue weighted by molar-refractivity contribution is 0.414. The van der Waals surface area contributed by atoms with Crippen LogP contribution in [0.15, 0.2) is 36.4 Å². The maximum absolute atomic E-state index is 6.19. The number of nitrogens with one attached hydrogen (secondary N) is 1. The molecule has 20 heavy (non-hydrogen) atoms.